The molecular weight excluding hydrogens is 313 g/mol. The van der Waals surface area contributed by atoms with Gasteiger partial charge in [0.25, 0.3) is 5.91 Å². The molecule has 0 saturated heterocycles. The summed E-state index contributed by atoms with van der Waals surface area (Å²) < 4.78 is 7.14. The van der Waals surface area contributed by atoms with Gasteiger partial charge in [-0.1, -0.05) is 23.2 Å². The molecule has 21 heavy (non-hydrogen) atoms. The normalized spacial score (nSPS) is 10.4. The summed E-state index contributed by atoms with van der Waals surface area (Å²) in [6.45, 7) is 3.10. The largest absolute Gasteiger partial charge is 0.482 e. The number of rotatable bonds is 6. The molecular formula is C14H15Cl2N3O2. The van der Waals surface area contributed by atoms with Crippen molar-refractivity contribution in [1.82, 2.24) is 15.1 Å². The van der Waals surface area contributed by atoms with Crippen LogP contribution in [0.5, 0.6) is 5.75 Å². The van der Waals surface area contributed by atoms with Gasteiger partial charge in [-0.25, -0.2) is 0 Å². The summed E-state index contributed by atoms with van der Waals surface area (Å²) in [6.07, 6.45) is 3.61. The molecule has 1 heterocycles. The molecule has 1 N–H and O–H groups in total. The number of carbonyl (C=O) groups is 1. The summed E-state index contributed by atoms with van der Waals surface area (Å²) in [5.41, 5.74) is 0.940. The predicted molar refractivity (Wildman–Crippen MR) is 81.7 cm³/mol. The molecule has 0 aliphatic rings. The Balaban J connectivity index is 1.79. The van der Waals surface area contributed by atoms with Crippen molar-refractivity contribution in [2.75, 3.05) is 6.61 Å². The van der Waals surface area contributed by atoms with E-state index in [2.05, 4.69) is 10.4 Å². The van der Waals surface area contributed by atoms with Gasteiger partial charge in [-0.05, 0) is 25.1 Å². The van der Waals surface area contributed by atoms with Crippen molar-refractivity contribution in [1.29, 1.82) is 0 Å². The number of nitrogens with zero attached hydrogens (tertiary/aromatic N) is 2. The third-order valence-electron chi connectivity index (χ3n) is 2.75. The highest BCUT2D eigenvalue weighted by atomic mass is 35.5. The van der Waals surface area contributed by atoms with Gasteiger partial charge in [0.1, 0.15) is 5.75 Å². The van der Waals surface area contributed by atoms with Crippen LogP contribution in [0.15, 0.2) is 30.6 Å². The van der Waals surface area contributed by atoms with Crippen LogP contribution in [0.4, 0.5) is 0 Å². The minimum absolute atomic E-state index is 0.108. The molecule has 7 heteroatoms. The van der Waals surface area contributed by atoms with E-state index < -0.39 is 0 Å². The average molecular weight is 328 g/mol. The number of halogens is 2. The van der Waals surface area contributed by atoms with Gasteiger partial charge < -0.3 is 10.1 Å². The monoisotopic (exact) mass is 327 g/mol. The molecule has 0 saturated carbocycles. The highest BCUT2D eigenvalue weighted by Gasteiger charge is 2.07. The quantitative estimate of drug-likeness (QED) is 0.887. The smallest absolute Gasteiger partial charge is 0.258 e. The zero-order valence-corrected chi connectivity index (χ0v) is 13.0. The fraction of sp³-hybridized carbons (Fsp3) is 0.286. The SMILES string of the molecule is CCn1cc(CNC(=O)COc2ccc(Cl)cc2Cl)cn1. The lowest BCUT2D eigenvalue weighted by atomic mass is 10.3. The Kier molecular flexibility index (Phi) is 5.47. The summed E-state index contributed by atoms with van der Waals surface area (Å²) >= 11 is 11.7. The molecule has 0 fully saturated rings. The highest BCUT2D eigenvalue weighted by molar-refractivity contribution is 6.35. The number of nitrogens with one attached hydrogen (secondary N) is 1. The molecule has 0 aliphatic carbocycles. The van der Waals surface area contributed by atoms with E-state index >= 15 is 0 Å². The maximum absolute atomic E-state index is 11.7. The first-order valence-corrected chi connectivity index (χ1v) is 7.20. The van der Waals surface area contributed by atoms with Gasteiger partial charge in [0.15, 0.2) is 6.61 Å². The van der Waals surface area contributed by atoms with E-state index in [4.69, 9.17) is 27.9 Å². The highest BCUT2D eigenvalue weighted by Crippen LogP contribution is 2.27. The van der Waals surface area contributed by atoms with Gasteiger partial charge in [-0.3, -0.25) is 9.48 Å². The van der Waals surface area contributed by atoms with Crippen LogP contribution in [0.3, 0.4) is 0 Å². The average Bonchev–Trinajstić information content (AvgIpc) is 2.92. The number of carbonyl (C=O) groups excluding carboxylic acids is 1. The van der Waals surface area contributed by atoms with Crippen molar-refractivity contribution in [2.45, 2.75) is 20.0 Å². The summed E-state index contributed by atoms with van der Waals surface area (Å²) in [5.74, 6) is 0.195. The zero-order chi connectivity index (χ0) is 15.2. The van der Waals surface area contributed by atoms with Gasteiger partial charge >= 0.3 is 0 Å². The van der Waals surface area contributed by atoms with E-state index in [1.54, 1.807) is 29.1 Å². The molecule has 1 aromatic carbocycles. The lowest BCUT2D eigenvalue weighted by Gasteiger charge is -2.08. The van der Waals surface area contributed by atoms with Gasteiger partial charge in [0, 0.05) is 29.9 Å². The molecule has 0 atom stereocenters. The van der Waals surface area contributed by atoms with Crippen molar-refractivity contribution in [3.63, 3.8) is 0 Å². The third-order valence-corrected chi connectivity index (χ3v) is 3.28. The number of hydrogen-bond acceptors (Lipinski definition) is 3. The molecule has 0 aliphatic heterocycles. The first-order valence-electron chi connectivity index (χ1n) is 6.44. The first kappa shape index (κ1) is 15.7. The van der Waals surface area contributed by atoms with Crippen molar-refractivity contribution in [2.24, 2.45) is 0 Å². The zero-order valence-electron chi connectivity index (χ0n) is 11.5. The van der Waals surface area contributed by atoms with Crippen LogP contribution >= 0.6 is 23.2 Å². The van der Waals surface area contributed by atoms with Crippen molar-refractivity contribution >= 4 is 29.1 Å². The van der Waals surface area contributed by atoms with Gasteiger partial charge in [0.05, 0.1) is 11.2 Å². The van der Waals surface area contributed by atoms with E-state index in [1.165, 1.54) is 0 Å². The number of amides is 1. The van der Waals surface area contributed by atoms with Crippen LogP contribution in [-0.2, 0) is 17.9 Å². The maximum atomic E-state index is 11.7. The second kappa shape index (κ2) is 7.33. The van der Waals surface area contributed by atoms with Crippen LogP contribution in [0.25, 0.3) is 0 Å². The molecule has 2 aromatic rings. The molecule has 0 bridgehead atoms. The van der Waals surface area contributed by atoms with E-state index in [9.17, 15) is 4.79 Å². The van der Waals surface area contributed by atoms with E-state index in [-0.39, 0.29) is 12.5 Å². The first-order chi connectivity index (χ1) is 10.1. The summed E-state index contributed by atoms with van der Waals surface area (Å²) in [6, 6.07) is 4.85. The molecule has 1 aromatic heterocycles. The number of ether oxygens (including phenoxy) is 1. The van der Waals surface area contributed by atoms with Gasteiger partial charge in [-0.15, -0.1) is 0 Å². The fourth-order valence-electron chi connectivity index (χ4n) is 1.66. The summed E-state index contributed by atoms with van der Waals surface area (Å²) in [4.78, 5) is 11.7. The van der Waals surface area contributed by atoms with Crippen molar-refractivity contribution in [3.8, 4) is 5.75 Å². The molecule has 5 nitrogen and oxygen atoms in total. The lowest BCUT2D eigenvalue weighted by Crippen LogP contribution is -2.28. The van der Waals surface area contributed by atoms with Gasteiger partial charge in [-0.2, -0.15) is 5.10 Å². The Bertz CT molecular complexity index is 628. The standard InChI is InChI=1S/C14H15Cl2N3O2/c1-2-19-8-10(7-18-19)6-17-14(20)9-21-13-4-3-11(15)5-12(13)16/h3-5,7-8H,2,6,9H2,1H3,(H,17,20). The predicted octanol–water partition coefficient (Wildman–Crippen LogP) is 2.91. The van der Waals surface area contributed by atoms with Gasteiger partial charge in [0.2, 0.25) is 0 Å². The molecule has 0 unspecified atom stereocenters. The maximum Gasteiger partial charge on any atom is 0.258 e. The molecule has 112 valence electrons. The number of aromatic nitrogens is 2. The number of hydrogen-bond donors (Lipinski definition) is 1. The third kappa shape index (κ3) is 4.65. The van der Waals surface area contributed by atoms with Crippen LogP contribution in [-0.4, -0.2) is 22.3 Å². The molecule has 0 spiro atoms. The Labute approximate surface area is 132 Å². The number of benzene rings is 1. The van der Waals surface area contributed by atoms with E-state index in [0.29, 0.717) is 22.3 Å². The second-order valence-corrected chi connectivity index (χ2v) is 5.19. The van der Waals surface area contributed by atoms with Crippen LogP contribution in [0.1, 0.15) is 12.5 Å². The van der Waals surface area contributed by atoms with Crippen LogP contribution in [0, 0.1) is 0 Å². The Morgan fingerprint density at radius 3 is 2.90 bits per heavy atom. The van der Waals surface area contributed by atoms with Crippen LogP contribution < -0.4 is 10.1 Å². The Morgan fingerprint density at radius 2 is 2.24 bits per heavy atom. The number of aryl methyl sites for hydroxylation is 1. The van der Waals surface area contributed by atoms with Crippen molar-refractivity contribution in [3.05, 3.63) is 46.2 Å². The minimum atomic E-state index is -0.231. The second-order valence-electron chi connectivity index (χ2n) is 4.34. The Hall–Kier alpha value is -1.72. The lowest BCUT2D eigenvalue weighted by molar-refractivity contribution is -0.123. The molecule has 2 rings (SSSR count). The van der Waals surface area contributed by atoms with E-state index in [1.807, 2.05) is 13.1 Å². The fourth-order valence-corrected chi connectivity index (χ4v) is 2.12. The van der Waals surface area contributed by atoms with Crippen molar-refractivity contribution < 1.29 is 9.53 Å². The summed E-state index contributed by atoms with van der Waals surface area (Å²) in [7, 11) is 0. The summed E-state index contributed by atoms with van der Waals surface area (Å²) in [5, 5.41) is 7.77. The van der Waals surface area contributed by atoms with E-state index in [0.717, 1.165) is 12.1 Å². The minimum Gasteiger partial charge on any atom is -0.482 e. The van der Waals surface area contributed by atoms with Crippen LogP contribution in [0.2, 0.25) is 10.0 Å². The topological polar surface area (TPSA) is 56.2 Å². The molecule has 0 radical (unpaired) electrons. The Morgan fingerprint density at radius 1 is 1.43 bits per heavy atom. The molecule has 1 amide bonds.